The van der Waals surface area contributed by atoms with Gasteiger partial charge < -0.3 is 19.1 Å². The maximum atomic E-state index is 12.7. The zero-order valence-electron chi connectivity index (χ0n) is 21.2. The third-order valence-electron chi connectivity index (χ3n) is 6.43. The molecule has 3 aromatic heterocycles. The van der Waals surface area contributed by atoms with E-state index in [1.165, 1.54) is 0 Å². The van der Waals surface area contributed by atoms with Gasteiger partial charge in [-0.1, -0.05) is 6.08 Å². The van der Waals surface area contributed by atoms with Crippen LogP contribution in [0.4, 0.5) is 4.79 Å². The summed E-state index contributed by atoms with van der Waals surface area (Å²) in [5.74, 6) is 2.08. The number of nitrogens with zero attached hydrogens (tertiary/aromatic N) is 4. The quantitative estimate of drug-likeness (QED) is 0.469. The summed E-state index contributed by atoms with van der Waals surface area (Å²) < 4.78 is 17.1. The number of ether oxygens (including phenoxy) is 3. The first-order valence-electron chi connectivity index (χ1n) is 12.4. The summed E-state index contributed by atoms with van der Waals surface area (Å²) in [6.45, 7) is 7.24. The molecule has 0 radical (unpaired) electrons. The Kier molecular flexibility index (Phi) is 6.51. The largest absolute Gasteiger partial charge is 0.495 e. The molecule has 1 fully saturated rings. The van der Waals surface area contributed by atoms with E-state index in [1.807, 2.05) is 51.1 Å². The van der Waals surface area contributed by atoms with Crippen molar-refractivity contribution in [3.8, 4) is 11.6 Å². The van der Waals surface area contributed by atoms with Crippen molar-refractivity contribution in [1.82, 2.24) is 19.9 Å². The lowest BCUT2D eigenvalue weighted by atomic mass is 10.0. The highest BCUT2D eigenvalue weighted by molar-refractivity contribution is 5.84. The lowest BCUT2D eigenvalue weighted by Crippen LogP contribution is -2.39. The first-order chi connectivity index (χ1) is 17.3. The third kappa shape index (κ3) is 5.42. The topological polar surface area (TPSA) is 86.7 Å². The molecule has 188 valence electrons. The van der Waals surface area contributed by atoms with Gasteiger partial charge in [-0.3, -0.25) is 9.97 Å². The summed E-state index contributed by atoms with van der Waals surface area (Å²) in [4.78, 5) is 28.3. The fourth-order valence-corrected chi connectivity index (χ4v) is 4.46. The van der Waals surface area contributed by atoms with Crippen LogP contribution in [0.15, 0.2) is 48.8 Å². The number of hydrogen-bond acceptors (Lipinski definition) is 7. The number of carbonyl (C=O) groups is 1. The summed E-state index contributed by atoms with van der Waals surface area (Å²) in [5, 5.41) is 0. The minimum atomic E-state index is -0.541. The number of methoxy groups -OCH3 is 1. The fourth-order valence-electron chi connectivity index (χ4n) is 4.46. The molecule has 2 atom stereocenters. The standard InChI is InChI=1S/C28H32N4O4/c1-28(2,3)36-27(33)32-12-6-7-18(16-32)22-14-25-24(8-5-11-29-25)31-26(22)35-17-19-13-21(19)23-10-9-20(34-4)15-30-23/h5,7-11,14-15,19,21H,6,12-13,16-17H2,1-4H3/t19-,21+/m1/s1. The third-order valence-corrected chi connectivity index (χ3v) is 6.43. The highest BCUT2D eigenvalue weighted by Crippen LogP contribution is 2.47. The van der Waals surface area contributed by atoms with Crippen LogP contribution in [0.2, 0.25) is 0 Å². The van der Waals surface area contributed by atoms with Gasteiger partial charge in [0.15, 0.2) is 0 Å². The van der Waals surface area contributed by atoms with Gasteiger partial charge in [0.25, 0.3) is 0 Å². The number of hydrogen-bond donors (Lipinski definition) is 0. The van der Waals surface area contributed by atoms with Crippen molar-refractivity contribution in [2.75, 3.05) is 26.8 Å². The molecule has 5 rings (SSSR count). The number of rotatable bonds is 6. The van der Waals surface area contributed by atoms with Crippen LogP contribution in [0.1, 0.15) is 50.8 Å². The molecule has 0 N–H and O–H groups in total. The van der Waals surface area contributed by atoms with E-state index in [2.05, 4.69) is 16.0 Å². The predicted octanol–water partition coefficient (Wildman–Crippen LogP) is 5.24. The smallest absolute Gasteiger partial charge is 0.410 e. The summed E-state index contributed by atoms with van der Waals surface area (Å²) in [6.07, 6.45) is 7.12. The van der Waals surface area contributed by atoms with E-state index >= 15 is 0 Å². The Morgan fingerprint density at radius 1 is 1.17 bits per heavy atom. The minimum absolute atomic E-state index is 0.310. The van der Waals surface area contributed by atoms with E-state index in [-0.39, 0.29) is 6.09 Å². The molecule has 1 aliphatic carbocycles. The SMILES string of the molecule is COc1ccc([C@H]2C[C@@H]2COc2nc3cccnc3cc2C2=CCCN(C(=O)OC(C)(C)C)C2)nc1. The molecule has 1 amide bonds. The van der Waals surface area contributed by atoms with E-state index < -0.39 is 5.60 Å². The summed E-state index contributed by atoms with van der Waals surface area (Å²) >= 11 is 0. The average Bonchev–Trinajstić information content (AvgIpc) is 3.66. The Balaban J connectivity index is 1.34. The normalized spacial score (nSPS) is 19.6. The van der Waals surface area contributed by atoms with Crippen LogP contribution < -0.4 is 9.47 Å². The Morgan fingerprint density at radius 3 is 2.78 bits per heavy atom. The van der Waals surface area contributed by atoms with Crippen LogP contribution in [-0.4, -0.2) is 58.4 Å². The number of carbonyl (C=O) groups excluding carboxylic acids is 1. The molecule has 0 bridgehead atoms. The molecule has 0 spiro atoms. The molecule has 3 aromatic rings. The molecule has 2 aliphatic rings. The van der Waals surface area contributed by atoms with Gasteiger partial charge in [0.1, 0.15) is 11.4 Å². The van der Waals surface area contributed by atoms with Gasteiger partial charge in [-0.2, -0.15) is 0 Å². The summed E-state index contributed by atoms with van der Waals surface area (Å²) in [6, 6.07) is 9.78. The second-order valence-electron chi connectivity index (χ2n) is 10.3. The Labute approximate surface area is 211 Å². The molecule has 8 heteroatoms. The molecular formula is C28H32N4O4. The van der Waals surface area contributed by atoms with E-state index in [0.29, 0.717) is 37.4 Å². The molecule has 36 heavy (non-hydrogen) atoms. The van der Waals surface area contributed by atoms with Gasteiger partial charge in [0.2, 0.25) is 5.88 Å². The maximum Gasteiger partial charge on any atom is 0.410 e. The van der Waals surface area contributed by atoms with Crippen LogP contribution in [0.3, 0.4) is 0 Å². The van der Waals surface area contributed by atoms with Gasteiger partial charge in [-0.15, -0.1) is 0 Å². The zero-order chi connectivity index (χ0) is 25.3. The van der Waals surface area contributed by atoms with Crippen LogP contribution >= 0.6 is 0 Å². The first kappa shape index (κ1) is 24.0. The second-order valence-corrected chi connectivity index (χ2v) is 10.3. The maximum absolute atomic E-state index is 12.7. The van der Waals surface area contributed by atoms with Gasteiger partial charge >= 0.3 is 6.09 Å². The number of amides is 1. The number of pyridine rings is 3. The van der Waals surface area contributed by atoms with E-state index in [4.69, 9.17) is 19.2 Å². The van der Waals surface area contributed by atoms with Crippen molar-refractivity contribution < 1.29 is 19.0 Å². The Morgan fingerprint density at radius 2 is 2.03 bits per heavy atom. The molecule has 4 heterocycles. The lowest BCUT2D eigenvalue weighted by molar-refractivity contribution is 0.0273. The Hall–Kier alpha value is -3.68. The fraction of sp³-hybridized carbons (Fsp3) is 0.429. The highest BCUT2D eigenvalue weighted by Gasteiger charge is 2.40. The molecular weight excluding hydrogens is 456 g/mol. The molecule has 1 saturated carbocycles. The summed E-state index contributed by atoms with van der Waals surface area (Å²) in [7, 11) is 1.64. The van der Waals surface area contributed by atoms with Gasteiger partial charge in [-0.25, -0.2) is 9.78 Å². The lowest BCUT2D eigenvalue weighted by Gasteiger charge is -2.30. The molecule has 0 saturated heterocycles. The zero-order valence-corrected chi connectivity index (χ0v) is 21.2. The van der Waals surface area contributed by atoms with Crippen LogP contribution in [0.5, 0.6) is 11.6 Å². The van der Waals surface area contributed by atoms with Crippen LogP contribution in [0, 0.1) is 5.92 Å². The van der Waals surface area contributed by atoms with Crippen molar-refractivity contribution in [1.29, 1.82) is 0 Å². The van der Waals surface area contributed by atoms with Gasteiger partial charge in [0.05, 0.1) is 30.9 Å². The number of aromatic nitrogens is 3. The molecule has 0 unspecified atom stereocenters. The predicted molar refractivity (Wildman–Crippen MR) is 137 cm³/mol. The van der Waals surface area contributed by atoms with Crippen molar-refractivity contribution in [3.63, 3.8) is 0 Å². The van der Waals surface area contributed by atoms with E-state index in [0.717, 1.165) is 46.5 Å². The molecule has 1 aliphatic heterocycles. The van der Waals surface area contributed by atoms with Crippen LogP contribution in [-0.2, 0) is 4.74 Å². The van der Waals surface area contributed by atoms with Crippen LogP contribution in [0.25, 0.3) is 16.6 Å². The van der Waals surface area contributed by atoms with Crippen molar-refractivity contribution in [2.45, 2.75) is 45.1 Å². The highest BCUT2D eigenvalue weighted by atomic mass is 16.6. The first-order valence-corrected chi connectivity index (χ1v) is 12.4. The van der Waals surface area contributed by atoms with Gasteiger partial charge in [-0.05, 0) is 69.5 Å². The van der Waals surface area contributed by atoms with Crippen molar-refractivity contribution >= 4 is 22.7 Å². The van der Waals surface area contributed by atoms with E-state index in [9.17, 15) is 4.79 Å². The average molecular weight is 489 g/mol. The van der Waals surface area contributed by atoms with Crippen molar-refractivity contribution in [3.05, 3.63) is 60.1 Å². The second kappa shape index (κ2) is 9.76. The van der Waals surface area contributed by atoms with Crippen molar-refractivity contribution in [2.24, 2.45) is 5.92 Å². The minimum Gasteiger partial charge on any atom is -0.495 e. The Bertz CT molecular complexity index is 1280. The number of fused-ring (bicyclic) bond motifs is 1. The monoisotopic (exact) mass is 488 g/mol. The molecule has 8 nitrogen and oxygen atoms in total. The summed E-state index contributed by atoms with van der Waals surface area (Å²) in [5.41, 5.74) is 3.95. The van der Waals surface area contributed by atoms with E-state index in [1.54, 1.807) is 24.4 Å². The molecule has 0 aromatic carbocycles. The van der Waals surface area contributed by atoms with Gasteiger partial charge in [0, 0.05) is 42.4 Å².